The quantitative estimate of drug-likeness (QED) is 0.155. The van der Waals surface area contributed by atoms with E-state index in [0.29, 0.717) is 33.9 Å². The number of carboxylic acids is 1. The van der Waals surface area contributed by atoms with Crippen molar-refractivity contribution in [1.82, 2.24) is 4.98 Å². The Kier molecular flexibility index (Phi) is 9.39. The summed E-state index contributed by atoms with van der Waals surface area (Å²) in [6.07, 6.45) is 1.47. The number of nitrogens with one attached hydrogen (secondary N) is 3. The highest BCUT2D eigenvalue weighted by Crippen LogP contribution is 2.29. The Morgan fingerprint density at radius 2 is 1.92 bits per heavy atom. The summed E-state index contributed by atoms with van der Waals surface area (Å²) in [6.45, 7) is 5.72. The highest BCUT2D eigenvalue weighted by Gasteiger charge is 2.17. The van der Waals surface area contributed by atoms with Gasteiger partial charge in [0, 0.05) is 18.7 Å². The number of aliphatic carboxylic acids is 1. The number of hydrogen-bond acceptors (Lipinski definition) is 7. The normalized spacial score (nSPS) is 10.8. The maximum atomic E-state index is 13.2. The van der Waals surface area contributed by atoms with Gasteiger partial charge in [0.2, 0.25) is 0 Å². The van der Waals surface area contributed by atoms with E-state index in [-0.39, 0.29) is 43.8 Å². The zero-order chi connectivity index (χ0) is 27.8. The lowest BCUT2D eigenvalue weighted by Crippen LogP contribution is -2.17. The summed E-state index contributed by atoms with van der Waals surface area (Å²) >= 11 is 0. The van der Waals surface area contributed by atoms with Gasteiger partial charge in [-0.05, 0) is 74.2 Å². The van der Waals surface area contributed by atoms with E-state index in [2.05, 4.69) is 15.6 Å². The van der Waals surface area contributed by atoms with Crippen LogP contribution in [0.5, 0.6) is 5.75 Å². The molecule has 7 N–H and O–H groups in total. The Labute approximate surface area is 221 Å². The molecule has 0 atom stereocenters. The number of aliphatic hydroxyl groups excluding tert-OH is 1. The molecule has 1 amide bonds. The van der Waals surface area contributed by atoms with Gasteiger partial charge in [-0.3, -0.25) is 20.0 Å². The van der Waals surface area contributed by atoms with E-state index in [4.69, 9.17) is 15.9 Å². The van der Waals surface area contributed by atoms with E-state index in [1.54, 1.807) is 30.3 Å². The number of carboxylic acid groups (broad SMARTS) is 1. The van der Waals surface area contributed by atoms with Gasteiger partial charge in [0.25, 0.3) is 5.91 Å². The number of amidine groups is 1. The Morgan fingerprint density at radius 1 is 1.16 bits per heavy atom. The number of anilines is 2. The lowest BCUT2D eigenvalue weighted by Gasteiger charge is -2.20. The van der Waals surface area contributed by atoms with Crippen LogP contribution in [0.2, 0.25) is 0 Å². The van der Waals surface area contributed by atoms with E-state index < -0.39 is 5.97 Å². The summed E-state index contributed by atoms with van der Waals surface area (Å²) in [4.78, 5) is 28.6. The first-order valence-corrected chi connectivity index (χ1v) is 12.2. The number of carbonyl (C=O) groups excluding carboxylic acids is 1. The molecule has 1 aromatic heterocycles. The van der Waals surface area contributed by atoms with Crippen LogP contribution >= 0.6 is 0 Å². The number of carbonyl (C=O) groups is 2. The molecule has 0 fully saturated rings. The number of hydrogen-bond donors (Lipinski definition) is 6. The monoisotopic (exact) mass is 519 g/mol. The second kappa shape index (κ2) is 12.7. The van der Waals surface area contributed by atoms with E-state index in [0.717, 1.165) is 16.7 Å². The number of pyridine rings is 1. The van der Waals surface area contributed by atoms with E-state index in [1.165, 1.54) is 6.20 Å². The van der Waals surface area contributed by atoms with Crippen molar-refractivity contribution in [1.29, 1.82) is 5.41 Å². The molecule has 200 valence electrons. The van der Waals surface area contributed by atoms with Crippen LogP contribution in [0.25, 0.3) is 0 Å². The Balaban J connectivity index is 1.90. The summed E-state index contributed by atoms with van der Waals surface area (Å²) < 4.78 is 5.96. The van der Waals surface area contributed by atoms with Gasteiger partial charge >= 0.3 is 5.97 Å². The minimum absolute atomic E-state index is 0.0748. The Bertz CT molecular complexity index is 1320. The average molecular weight is 520 g/mol. The number of nitrogen functional groups attached to an aromatic ring is 1. The zero-order valence-electron chi connectivity index (χ0n) is 21.7. The number of nitrogens with two attached hydrogens (primary N) is 1. The first-order chi connectivity index (χ1) is 18.1. The smallest absolute Gasteiger partial charge is 0.303 e. The molecule has 3 rings (SSSR count). The Hall–Kier alpha value is -4.44. The van der Waals surface area contributed by atoms with E-state index >= 15 is 0 Å². The molecule has 0 spiro atoms. The molecule has 0 unspecified atom stereocenters. The Morgan fingerprint density at radius 3 is 2.53 bits per heavy atom. The van der Waals surface area contributed by atoms with Crippen molar-refractivity contribution in [3.8, 4) is 5.75 Å². The molecule has 0 saturated heterocycles. The van der Waals surface area contributed by atoms with Crippen molar-refractivity contribution < 1.29 is 24.5 Å². The van der Waals surface area contributed by atoms with Crippen LogP contribution in [0, 0.1) is 12.3 Å². The highest BCUT2D eigenvalue weighted by molar-refractivity contribution is 6.08. The van der Waals surface area contributed by atoms with Gasteiger partial charge < -0.3 is 31.3 Å². The summed E-state index contributed by atoms with van der Waals surface area (Å²) in [5.41, 5.74) is 10.2. The molecule has 0 saturated carbocycles. The zero-order valence-corrected chi connectivity index (χ0v) is 21.7. The van der Waals surface area contributed by atoms with Crippen LogP contribution in [-0.2, 0) is 24.4 Å². The van der Waals surface area contributed by atoms with Gasteiger partial charge in [0.05, 0.1) is 30.2 Å². The highest BCUT2D eigenvalue weighted by atomic mass is 16.5. The molecule has 0 aliphatic heterocycles. The molecule has 10 heteroatoms. The number of aryl methyl sites for hydroxylation is 1. The van der Waals surface area contributed by atoms with Crippen LogP contribution < -0.4 is 21.1 Å². The molecule has 3 aromatic rings. The van der Waals surface area contributed by atoms with Gasteiger partial charge in [-0.25, -0.2) is 0 Å². The maximum Gasteiger partial charge on any atom is 0.303 e. The van der Waals surface area contributed by atoms with Gasteiger partial charge in [-0.2, -0.15) is 0 Å². The fourth-order valence-electron chi connectivity index (χ4n) is 3.91. The fraction of sp³-hybridized carbons (Fsp3) is 0.286. The topological polar surface area (TPSA) is 171 Å². The first kappa shape index (κ1) is 28.1. The average Bonchev–Trinajstić information content (AvgIpc) is 2.86. The van der Waals surface area contributed by atoms with Gasteiger partial charge in [0.15, 0.2) is 0 Å². The van der Waals surface area contributed by atoms with Crippen molar-refractivity contribution in [2.75, 3.05) is 10.6 Å². The molecule has 10 nitrogen and oxygen atoms in total. The lowest BCUT2D eigenvalue weighted by molar-refractivity contribution is -0.136. The van der Waals surface area contributed by atoms with Crippen molar-refractivity contribution in [2.45, 2.75) is 52.9 Å². The molecule has 1 heterocycles. The number of ether oxygens (including phenoxy) is 1. The van der Waals surface area contributed by atoms with Crippen molar-refractivity contribution >= 4 is 29.1 Å². The summed E-state index contributed by atoms with van der Waals surface area (Å²) in [5, 5.41) is 32.6. The molecule has 0 radical (unpaired) electrons. The molecule has 2 aromatic carbocycles. The fourth-order valence-corrected chi connectivity index (χ4v) is 3.91. The first-order valence-electron chi connectivity index (χ1n) is 12.2. The largest absolute Gasteiger partial charge is 0.491 e. The number of aromatic nitrogens is 1. The van der Waals surface area contributed by atoms with Crippen LogP contribution in [0.15, 0.2) is 48.7 Å². The second-order valence-corrected chi connectivity index (χ2v) is 9.15. The minimum Gasteiger partial charge on any atom is -0.491 e. The molecular formula is C28H33N5O5. The van der Waals surface area contributed by atoms with Crippen LogP contribution in [0.1, 0.15) is 58.6 Å². The number of amides is 1. The maximum absolute atomic E-state index is 13.2. The number of nitrogens with zero attached hydrogens (tertiary/aromatic N) is 1. The third-order valence-corrected chi connectivity index (χ3v) is 5.68. The van der Waals surface area contributed by atoms with Crippen molar-refractivity contribution in [3.05, 3.63) is 82.2 Å². The third-order valence-electron chi connectivity index (χ3n) is 5.68. The van der Waals surface area contributed by atoms with E-state index in [1.807, 2.05) is 32.9 Å². The standard InChI is InChI=1S/C28H33N5O5/c1-16(2)38-25-12-18(15-34)11-19(21(25)6-9-26(35)36)13-31-23-7-4-17(3)10-22(23)28(37)33-20-5-8-24(27(29)30)32-14-20/h4-5,7-8,10-12,14,16,31,34H,6,9,13,15H2,1-3H3,(H3,29,30)(H,33,37)(H,35,36). The number of rotatable bonds is 12. The van der Waals surface area contributed by atoms with Crippen molar-refractivity contribution in [2.24, 2.45) is 5.73 Å². The van der Waals surface area contributed by atoms with Crippen LogP contribution in [0.4, 0.5) is 11.4 Å². The predicted molar refractivity (Wildman–Crippen MR) is 146 cm³/mol. The van der Waals surface area contributed by atoms with Gasteiger partial charge in [-0.15, -0.1) is 0 Å². The third kappa shape index (κ3) is 7.53. The molecule has 0 aliphatic rings. The number of aliphatic hydroxyl groups is 1. The molecule has 0 aliphatic carbocycles. The minimum atomic E-state index is -0.922. The molecular weight excluding hydrogens is 486 g/mol. The lowest BCUT2D eigenvalue weighted by atomic mass is 9.98. The SMILES string of the molecule is Cc1ccc(NCc2cc(CO)cc(OC(C)C)c2CCC(=O)O)c(C(=O)Nc2ccc(C(=N)N)nc2)c1. The number of benzene rings is 2. The summed E-state index contributed by atoms with van der Waals surface area (Å²) in [7, 11) is 0. The van der Waals surface area contributed by atoms with E-state index in [9.17, 15) is 19.8 Å². The van der Waals surface area contributed by atoms with Gasteiger partial charge in [-0.1, -0.05) is 17.7 Å². The van der Waals surface area contributed by atoms with Gasteiger partial charge in [0.1, 0.15) is 17.3 Å². The van der Waals surface area contributed by atoms with Crippen LogP contribution in [-0.4, -0.2) is 39.0 Å². The summed E-state index contributed by atoms with van der Waals surface area (Å²) in [5.74, 6) is -0.905. The summed E-state index contributed by atoms with van der Waals surface area (Å²) in [6, 6.07) is 12.2. The molecule has 0 bridgehead atoms. The molecule has 38 heavy (non-hydrogen) atoms. The second-order valence-electron chi connectivity index (χ2n) is 9.15. The van der Waals surface area contributed by atoms with Crippen LogP contribution in [0.3, 0.4) is 0 Å². The predicted octanol–water partition coefficient (Wildman–Crippen LogP) is 3.84. The van der Waals surface area contributed by atoms with Crippen molar-refractivity contribution in [3.63, 3.8) is 0 Å².